The van der Waals surface area contributed by atoms with Gasteiger partial charge in [-0.25, -0.2) is 0 Å². The molecule has 0 saturated carbocycles. The number of hydrogen-bond acceptors (Lipinski definition) is 6. The fourth-order valence-corrected chi connectivity index (χ4v) is 1.75. The highest BCUT2D eigenvalue weighted by Gasteiger charge is 2.19. The quantitative estimate of drug-likeness (QED) is 0.535. The lowest BCUT2D eigenvalue weighted by Crippen LogP contribution is -1.91. The van der Waals surface area contributed by atoms with E-state index in [9.17, 15) is 10.1 Å². The molecule has 0 saturated heterocycles. The van der Waals surface area contributed by atoms with E-state index in [1.54, 1.807) is 42.7 Å². The van der Waals surface area contributed by atoms with Crippen LogP contribution in [0.3, 0.4) is 0 Å². The van der Waals surface area contributed by atoms with E-state index in [1.807, 2.05) is 0 Å². The van der Waals surface area contributed by atoms with Gasteiger partial charge in [-0.1, -0.05) is 12.1 Å². The van der Waals surface area contributed by atoms with E-state index in [2.05, 4.69) is 15.2 Å². The third-order valence-corrected chi connectivity index (χ3v) is 2.66. The van der Waals surface area contributed by atoms with Gasteiger partial charge in [0.2, 0.25) is 5.89 Å². The third kappa shape index (κ3) is 2.12. The third-order valence-electron chi connectivity index (χ3n) is 2.66. The summed E-state index contributed by atoms with van der Waals surface area (Å²) in [7, 11) is 0. The van der Waals surface area contributed by atoms with Crippen molar-refractivity contribution in [1.82, 2.24) is 15.2 Å². The molecule has 0 radical (unpaired) electrons. The smallest absolute Gasteiger partial charge is 0.282 e. The molecule has 3 aromatic rings. The second-order valence-electron chi connectivity index (χ2n) is 3.93. The van der Waals surface area contributed by atoms with Gasteiger partial charge in [0.05, 0.1) is 10.5 Å². The van der Waals surface area contributed by atoms with Crippen molar-refractivity contribution in [1.29, 1.82) is 0 Å². The Morgan fingerprint density at radius 2 is 1.85 bits per heavy atom. The first-order valence-corrected chi connectivity index (χ1v) is 5.73. The maximum atomic E-state index is 11.0. The standard InChI is InChI=1S/C13H8N4O3/c18-17(19)11-6-2-1-5-10(11)13-16-15-12(20-13)9-4-3-7-14-8-9/h1-8H. The van der Waals surface area contributed by atoms with Crippen molar-refractivity contribution in [2.45, 2.75) is 0 Å². The van der Waals surface area contributed by atoms with Crippen molar-refractivity contribution < 1.29 is 9.34 Å². The van der Waals surface area contributed by atoms with Gasteiger partial charge in [0, 0.05) is 18.5 Å². The zero-order valence-corrected chi connectivity index (χ0v) is 10.1. The van der Waals surface area contributed by atoms with Crippen LogP contribution in [0.25, 0.3) is 22.9 Å². The van der Waals surface area contributed by atoms with Gasteiger partial charge in [0.25, 0.3) is 11.6 Å². The highest BCUT2D eigenvalue weighted by Crippen LogP contribution is 2.30. The lowest BCUT2D eigenvalue weighted by molar-refractivity contribution is -0.384. The van der Waals surface area contributed by atoms with Crippen LogP contribution in [-0.4, -0.2) is 20.1 Å². The predicted molar refractivity (Wildman–Crippen MR) is 69.6 cm³/mol. The molecule has 0 spiro atoms. The Morgan fingerprint density at radius 3 is 2.60 bits per heavy atom. The first-order valence-electron chi connectivity index (χ1n) is 5.73. The maximum Gasteiger partial charge on any atom is 0.282 e. The summed E-state index contributed by atoms with van der Waals surface area (Å²) in [4.78, 5) is 14.4. The fourth-order valence-electron chi connectivity index (χ4n) is 1.75. The summed E-state index contributed by atoms with van der Waals surface area (Å²) in [6.45, 7) is 0. The molecule has 3 rings (SSSR count). The van der Waals surface area contributed by atoms with Gasteiger partial charge in [-0.15, -0.1) is 10.2 Å². The Balaban J connectivity index is 2.05. The second-order valence-corrected chi connectivity index (χ2v) is 3.93. The van der Waals surface area contributed by atoms with Crippen LogP contribution in [0.1, 0.15) is 0 Å². The van der Waals surface area contributed by atoms with Crippen LogP contribution < -0.4 is 0 Å². The maximum absolute atomic E-state index is 11.0. The van der Waals surface area contributed by atoms with Crippen LogP contribution in [0.2, 0.25) is 0 Å². The molecule has 0 fully saturated rings. The topological polar surface area (TPSA) is 95.0 Å². The van der Waals surface area contributed by atoms with Crippen molar-refractivity contribution >= 4 is 5.69 Å². The molecule has 7 nitrogen and oxygen atoms in total. The Kier molecular flexibility index (Phi) is 2.92. The molecule has 1 aromatic carbocycles. The van der Waals surface area contributed by atoms with Crippen molar-refractivity contribution in [3.63, 3.8) is 0 Å². The van der Waals surface area contributed by atoms with Crippen LogP contribution >= 0.6 is 0 Å². The number of benzene rings is 1. The Bertz CT molecular complexity index is 755. The molecule has 0 N–H and O–H groups in total. The predicted octanol–water partition coefficient (Wildman–Crippen LogP) is 2.71. The van der Waals surface area contributed by atoms with E-state index < -0.39 is 4.92 Å². The van der Waals surface area contributed by atoms with Gasteiger partial charge in [0.15, 0.2) is 0 Å². The molecule has 0 bridgehead atoms. The first-order chi connectivity index (χ1) is 9.75. The molecule has 98 valence electrons. The molecular formula is C13H8N4O3. The van der Waals surface area contributed by atoms with Gasteiger partial charge in [0.1, 0.15) is 5.56 Å². The second kappa shape index (κ2) is 4.88. The molecule has 0 aliphatic rings. The minimum Gasteiger partial charge on any atom is -0.416 e. The number of nitrogens with zero attached hydrogens (tertiary/aromatic N) is 4. The highest BCUT2D eigenvalue weighted by molar-refractivity contribution is 5.67. The number of pyridine rings is 1. The molecule has 2 aromatic heterocycles. The van der Waals surface area contributed by atoms with Crippen LogP contribution in [0.15, 0.2) is 53.2 Å². The van der Waals surface area contributed by atoms with Crippen LogP contribution in [-0.2, 0) is 0 Å². The summed E-state index contributed by atoms with van der Waals surface area (Å²) in [6.07, 6.45) is 3.21. The number of hydrogen-bond donors (Lipinski definition) is 0. The summed E-state index contributed by atoms with van der Waals surface area (Å²) >= 11 is 0. The number of rotatable bonds is 3. The largest absolute Gasteiger partial charge is 0.416 e. The van der Waals surface area contributed by atoms with Gasteiger partial charge in [-0.2, -0.15) is 0 Å². The number of nitro benzene ring substituents is 1. The van der Waals surface area contributed by atoms with Gasteiger partial charge < -0.3 is 4.42 Å². The van der Waals surface area contributed by atoms with Gasteiger partial charge >= 0.3 is 0 Å². The van der Waals surface area contributed by atoms with Crippen LogP contribution in [0.5, 0.6) is 0 Å². The highest BCUT2D eigenvalue weighted by atomic mass is 16.6. The molecule has 0 aliphatic heterocycles. The monoisotopic (exact) mass is 268 g/mol. The summed E-state index contributed by atoms with van der Waals surface area (Å²) in [6, 6.07) is 9.73. The lowest BCUT2D eigenvalue weighted by Gasteiger charge is -1.96. The zero-order valence-electron chi connectivity index (χ0n) is 10.1. The van der Waals surface area contributed by atoms with Crippen molar-refractivity contribution in [2.24, 2.45) is 0 Å². The fraction of sp³-hybridized carbons (Fsp3) is 0. The van der Waals surface area contributed by atoms with E-state index in [0.29, 0.717) is 11.1 Å². The summed E-state index contributed by atoms with van der Waals surface area (Å²) < 4.78 is 5.48. The summed E-state index contributed by atoms with van der Waals surface area (Å²) in [5.41, 5.74) is 0.874. The molecule has 0 atom stereocenters. The summed E-state index contributed by atoms with van der Waals surface area (Å²) in [5, 5.41) is 18.7. The van der Waals surface area contributed by atoms with E-state index in [0.717, 1.165) is 0 Å². The van der Waals surface area contributed by atoms with Gasteiger partial charge in [-0.05, 0) is 18.2 Å². The van der Waals surface area contributed by atoms with Crippen LogP contribution in [0.4, 0.5) is 5.69 Å². The Morgan fingerprint density at radius 1 is 1.05 bits per heavy atom. The molecular weight excluding hydrogens is 260 g/mol. The van der Waals surface area contributed by atoms with Crippen LogP contribution in [0, 0.1) is 10.1 Å². The normalized spacial score (nSPS) is 10.4. The van der Waals surface area contributed by atoms with E-state index >= 15 is 0 Å². The minimum atomic E-state index is -0.483. The molecule has 2 heterocycles. The van der Waals surface area contributed by atoms with Gasteiger partial charge in [-0.3, -0.25) is 15.1 Å². The lowest BCUT2D eigenvalue weighted by atomic mass is 10.2. The number of nitro groups is 1. The minimum absolute atomic E-state index is 0.0751. The average molecular weight is 268 g/mol. The Hall–Kier alpha value is -3.09. The first kappa shape index (κ1) is 12.0. The number of para-hydroxylation sites is 1. The van der Waals surface area contributed by atoms with Crippen molar-refractivity contribution in [2.75, 3.05) is 0 Å². The molecule has 7 heteroatoms. The van der Waals surface area contributed by atoms with Crippen molar-refractivity contribution in [3.8, 4) is 22.9 Å². The number of aromatic nitrogens is 3. The average Bonchev–Trinajstić information content (AvgIpc) is 2.98. The van der Waals surface area contributed by atoms with E-state index in [1.165, 1.54) is 6.07 Å². The SMILES string of the molecule is O=[N+]([O-])c1ccccc1-c1nnc(-c2cccnc2)o1. The molecule has 0 unspecified atom stereocenters. The van der Waals surface area contributed by atoms with E-state index in [-0.39, 0.29) is 17.5 Å². The molecule has 0 amide bonds. The molecule has 20 heavy (non-hydrogen) atoms. The van der Waals surface area contributed by atoms with Crippen molar-refractivity contribution in [3.05, 3.63) is 58.9 Å². The van der Waals surface area contributed by atoms with E-state index in [4.69, 9.17) is 4.42 Å². The molecule has 0 aliphatic carbocycles. The zero-order chi connectivity index (χ0) is 13.9. The summed E-state index contributed by atoms with van der Waals surface area (Å²) in [5.74, 6) is 0.377. The Labute approximate surface area is 113 Å².